The minimum Gasteiger partial charge on any atom is -0.493 e. The van der Waals surface area contributed by atoms with E-state index in [1.165, 1.54) is 0 Å². The standard InChI is InChI=1S/C25H24N8O2/c1-17(19-8-12-26-13-9-19)30-32-23-16-24(35-22-7-5-4-6-21(22)34-3)29-25(28-23)33-31-18(2)20-10-14-27-15-11-20/h4-16H,1-3H3,(H2,28,29,32,33). The molecule has 0 unspecified atom stereocenters. The van der Waals surface area contributed by atoms with Crippen molar-refractivity contribution in [2.45, 2.75) is 13.8 Å². The van der Waals surface area contributed by atoms with Gasteiger partial charge in [-0.2, -0.15) is 20.2 Å². The molecule has 0 fully saturated rings. The number of nitrogens with one attached hydrogen (secondary N) is 2. The molecule has 10 nitrogen and oxygen atoms in total. The Morgan fingerprint density at radius 2 is 1.31 bits per heavy atom. The number of hydrogen-bond donors (Lipinski definition) is 2. The van der Waals surface area contributed by atoms with Crippen molar-refractivity contribution in [3.05, 3.63) is 90.5 Å². The monoisotopic (exact) mass is 468 g/mol. The van der Waals surface area contributed by atoms with E-state index in [0.717, 1.165) is 22.6 Å². The first kappa shape index (κ1) is 23.3. The van der Waals surface area contributed by atoms with Gasteiger partial charge in [0.15, 0.2) is 17.3 Å². The number of nitrogens with zero attached hydrogens (tertiary/aromatic N) is 6. The first-order chi connectivity index (χ1) is 17.1. The highest BCUT2D eigenvalue weighted by Gasteiger charge is 2.10. The second kappa shape index (κ2) is 11.3. The lowest BCUT2D eigenvalue weighted by Crippen LogP contribution is -2.06. The van der Waals surface area contributed by atoms with E-state index in [1.54, 1.807) is 50.1 Å². The minimum absolute atomic E-state index is 0.227. The molecule has 4 aromatic rings. The van der Waals surface area contributed by atoms with Gasteiger partial charge in [0.25, 0.3) is 0 Å². The van der Waals surface area contributed by atoms with Crippen LogP contribution >= 0.6 is 0 Å². The highest BCUT2D eigenvalue weighted by molar-refractivity contribution is 5.99. The van der Waals surface area contributed by atoms with Crippen molar-refractivity contribution in [2.75, 3.05) is 18.0 Å². The Kier molecular flexibility index (Phi) is 7.54. The summed E-state index contributed by atoms with van der Waals surface area (Å²) in [7, 11) is 1.58. The van der Waals surface area contributed by atoms with E-state index < -0.39 is 0 Å². The topological polar surface area (TPSA) is 119 Å². The average molecular weight is 469 g/mol. The molecule has 0 saturated carbocycles. The second-order valence-electron chi connectivity index (χ2n) is 7.26. The summed E-state index contributed by atoms with van der Waals surface area (Å²) in [5.41, 5.74) is 9.22. The van der Waals surface area contributed by atoms with E-state index in [0.29, 0.717) is 17.3 Å². The quantitative estimate of drug-likeness (QED) is 0.267. The molecule has 35 heavy (non-hydrogen) atoms. The highest BCUT2D eigenvalue weighted by atomic mass is 16.5. The summed E-state index contributed by atoms with van der Waals surface area (Å²) in [5, 5.41) is 8.82. The van der Waals surface area contributed by atoms with Crippen molar-refractivity contribution in [3.8, 4) is 17.4 Å². The number of anilines is 2. The second-order valence-corrected chi connectivity index (χ2v) is 7.26. The maximum atomic E-state index is 6.00. The Morgan fingerprint density at radius 3 is 1.91 bits per heavy atom. The molecule has 3 aromatic heterocycles. The molecule has 2 N–H and O–H groups in total. The lowest BCUT2D eigenvalue weighted by molar-refractivity contribution is 0.374. The Balaban J connectivity index is 1.62. The lowest BCUT2D eigenvalue weighted by Gasteiger charge is -2.11. The average Bonchev–Trinajstić information content (AvgIpc) is 2.91. The van der Waals surface area contributed by atoms with E-state index in [2.05, 4.69) is 41.0 Å². The fraction of sp³-hybridized carbons (Fsp3) is 0.120. The van der Waals surface area contributed by atoms with Crippen LogP contribution in [0, 0.1) is 0 Å². The third-order valence-electron chi connectivity index (χ3n) is 4.84. The van der Waals surface area contributed by atoms with Crippen LogP contribution in [0.1, 0.15) is 25.0 Å². The van der Waals surface area contributed by atoms with Crippen LogP contribution in [0.3, 0.4) is 0 Å². The van der Waals surface area contributed by atoms with Gasteiger partial charge in [0.2, 0.25) is 11.8 Å². The Hall–Kier alpha value is -4.86. The number of aromatic nitrogens is 4. The van der Waals surface area contributed by atoms with E-state index in [9.17, 15) is 0 Å². The third-order valence-corrected chi connectivity index (χ3v) is 4.84. The number of hydrogen-bond acceptors (Lipinski definition) is 10. The molecule has 3 heterocycles. The summed E-state index contributed by atoms with van der Waals surface area (Å²) in [6.07, 6.45) is 6.84. The van der Waals surface area contributed by atoms with Crippen LogP contribution in [0.25, 0.3) is 0 Å². The van der Waals surface area contributed by atoms with Crippen LogP contribution in [0.15, 0.2) is 89.6 Å². The number of ether oxygens (including phenoxy) is 2. The third kappa shape index (κ3) is 6.35. The van der Waals surface area contributed by atoms with Gasteiger partial charge in [-0.15, -0.1) is 0 Å². The zero-order chi connectivity index (χ0) is 24.5. The number of rotatable bonds is 9. The SMILES string of the molecule is COc1ccccc1Oc1cc(NN=C(C)c2ccncc2)nc(NN=C(C)c2ccncc2)n1. The van der Waals surface area contributed by atoms with Crippen LogP contribution in [0.2, 0.25) is 0 Å². The summed E-state index contributed by atoms with van der Waals surface area (Å²) < 4.78 is 11.4. The first-order valence-corrected chi connectivity index (χ1v) is 10.7. The van der Waals surface area contributed by atoms with E-state index >= 15 is 0 Å². The van der Waals surface area contributed by atoms with Gasteiger partial charge in [0.1, 0.15) is 0 Å². The molecule has 0 radical (unpaired) electrons. The number of methoxy groups -OCH3 is 1. The van der Waals surface area contributed by atoms with Gasteiger partial charge in [-0.3, -0.25) is 15.4 Å². The van der Waals surface area contributed by atoms with Crippen molar-refractivity contribution in [1.82, 2.24) is 19.9 Å². The van der Waals surface area contributed by atoms with Crippen LogP contribution in [0.5, 0.6) is 17.4 Å². The molecule has 4 rings (SSSR count). The van der Waals surface area contributed by atoms with Gasteiger partial charge in [0, 0.05) is 42.0 Å². The van der Waals surface area contributed by atoms with Gasteiger partial charge in [-0.1, -0.05) is 12.1 Å². The van der Waals surface area contributed by atoms with Crippen molar-refractivity contribution in [3.63, 3.8) is 0 Å². The molecule has 1 aromatic carbocycles. The molecule has 0 aliphatic heterocycles. The molecular weight excluding hydrogens is 444 g/mol. The molecule has 176 valence electrons. The van der Waals surface area contributed by atoms with E-state index in [1.807, 2.05) is 50.2 Å². The zero-order valence-corrected chi connectivity index (χ0v) is 19.5. The van der Waals surface area contributed by atoms with Crippen molar-refractivity contribution in [2.24, 2.45) is 10.2 Å². The van der Waals surface area contributed by atoms with Gasteiger partial charge < -0.3 is 9.47 Å². The van der Waals surface area contributed by atoms with Crippen LogP contribution in [-0.2, 0) is 0 Å². The number of benzene rings is 1. The summed E-state index contributed by atoms with van der Waals surface area (Å²) in [6, 6.07) is 16.4. The summed E-state index contributed by atoms with van der Waals surface area (Å²) in [4.78, 5) is 17.0. The van der Waals surface area contributed by atoms with Crippen LogP contribution < -0.4 is 20.3 Å². The minimum atomic E-state index is 0.227. The van der Waals surface area contributed by atoms with E-state index in [-0.39, 0.29) is 11.8 Å². The normalized spacial score (nSPS) is 11.6. The maximum absolute atomic E-state index is 6.00. The number of hydrazone groups is 2. The van der Waals surface area contributed by atoms with Crippen LogP contribution in [-0.4, -0.2) is 38.5 Å². The molecule has 0 spiro atoms. The molecule has 0 saturated heterocycles. The highest BCUT2D eigenvalue weighted by Crippen LogP contribution is 2.31. The fourth-order valence-electron chi connectivity index (χ4n) is 2.99. The van der Waals surface area contributed by atoms with Crippen LogP contribution in [0.4, 0.5) is 11.8 Å². The molecule has 0 aliphatic rings. The van der Waals surface area contributed by atoms with Crippen molar-refractivity contribution < 1.29 is 9.47 Å². The van der Waals surface area contributed by atoms with E-state index in [4.69, 9.17) is 9.47 Å². The molecule has 0 bridgehead atoms. The van der Waals surface area contributed by atoms with Gasteiger partial charge in [-0.05, 0) is 50.2 Å². The molecule has 0 aliphatic carbocycles. The van der Waals surface area contributed by atoms with Crippen molar-refractivity contribution in [1.29, 1.82) is 0 Å². The Labute approximate surface area is 202 Å². The molecule has 0 atom stereocenters. The lowest BCUT2D eigenvalue weighted by atomic mass is 10.2. The number of pyridine rings is 2. The van der Waals surface area contributed by atoms with Gasteiger partial charge >= 0.3 is 0 Å². The predicted octanol–water partition coefficient (Wildman–Crippen LogP) is 4.74. The molecule has 0 amide bonds. The Bertz CT molecular complexity index is 1250. The largest absolute Gasteiger partial charge is 0.493 e. The maximum Gasteiger partial charge on any atom is 0.248 e. The summed E-state index contributed by atoms with van der Waals surface area (Å²) >= 11 is 0. The van der Waals surface area contributed by atoms with Crippen molar-refractivity contribution >= 4 is 23.2 Å². The summed E-state index contributed by atoms with van der Waals surface area (Å²) in [6.45, 7) is 3.76. The predicted molar refractivity (Wildman–Crippen MR) is 135 cm³/mol. The number of para-hydroxylation sites is 2. The first-order valence-electron chi connectivity index (χ1n) is 10.7. The molecular formula is C25H24N8O2. The molecule has 10 heteroatoms. The zero-order valence-electron chi connectivity index (χ0n) is 19.5. The van der Waals surface area contributed by atoms with Gasteiger partial charge in [0.05, 0.1) is 18.5 Å². The summed E-state index contributed by atoms with van der Waals surface area (Å²) in [5.74, 6) is 2.01. The van der Waals surface area contributed by atoms with Gasteiger partial charge in [-0.25, -0.2) is 5.43 Å². The Morgan fingerprint density at radius 1 is 0.743 bits per heavy atom. The smallest absolute Gasteiger partial charge is 0.248 e. The fourth-order valence-corrected chi connectivity index (χ4v) is 2.99.